The van der Waals surface area contributed by atoms with Crippen molar-refractivity contribution < 1.29 is 24.2 Å². The summed E-state index contributed by atoms with van der Waals surface area (Å²) in [5, 5.41) is 11.9. The molecule has 1 aromatic rings. The first kappa shape index (κ1) is 16.0. The van der Waals surface area contributed by atoms with Crippen LogP contribution < -0.4 is 5.32 Å². The third-order valence-electron chi connectivity index (χ3n) is 4.01. The Labute approximate surface area is 128 Å². The Hall–Kier alpha value is -2.37. The summed E-state index contributed by atoms with van der Waals surface area (Å²) >= 11 is 0. The average Bonchev–Trinajstić information content (AvgIpc) is 2.54. The highest BCUT2D eigenvalue weighted by Crippen LogP contribution is 2.31. The van der Waals surface area contributed by atoms with E-state index in [4.69, 9.17) is 0 Å². The zero-order chi connectivity index (χ0) is 16.1. The van der Waals surface area contributed by atoms with Crippen LogP contribution in [-0.2, 0) is 14.3 Å². The number of rotatable bonds is 4. The quantitative estimate of drug-likeness (QED) is 0.833. The number of carbonyl (C=O) groups is 3. The van der Waals surface area contributed by atoms with Crippen LogP contribution in [0.25, 0.3) is 0 Å². The molecule has 0 aliphatic heterocycles. The molecule has 0 spiro atoms. The maximum absolute atomic E-state index is 12.4. The summed E-state index contributed by atoms with van der Waals surface area (Å²) in [7, 11) is 1.27. The smallest absolute Gasteiger partial charge is 0.339 e. The van der Waals surface area contributed by atoms with Gasteiger partial charge in [0.1, 0.15) is 0 Å². The van der Waals surface area contributed by atoms with Crippen LogP contribution in [0.4, 0.5) is 5.69 Å². The van der Waals surface area contributed by atoms with Gasteiger partial charge in [0.05, 0.1) is 30.2 Å². The molecular weight excluding hydrogens is 286 g/mol. The molecule has 1 saturated carbocycles. The second-order valence-electron chi connectivity index (χ2n) is 5.36. The predicted octanol–water partition coefficient (Wildman–Crippen LogP) is 2.30. The fraction of sp³-hybridized carbons (Fsp3) is 0.438. The predicted molar refractivity (Wildman–Crippen MR) is 79.5 cm³/mol. The maximum atomic E-state index is 12.4. The van der Waals surface area contributed by atoms with Gasteiger partial charge in [-0.3, -0.25) is 9.59 Å². The molecule has 0 bridgehead atoms. The molecule has 2 rings (SSSR count). The molecule has 1 fully saturated rings. The van der Waals surface area contributed by atoms with E-state index in [-0.39, 0.29) is 11.5 Å². The molecule has 1 aliphatic carbocycles. The molecule has 0 radical (unpaired) electrons. The number of methoxy groups -OCH3 is 1. The van der Waals surface area contributed by atoms with Crippen LogP contribution in [0.2, 0.25) is 0 Å². The number of hydrogen-bond donors (Lipinski definition) is 2. The highest BCUT2D eigenvalue weighted by atomic mass is 16.5. The molecule has 1 aliphatic rings. The van der Waals surface area contributed by atoms with Gasteiger partial charge < -0.3 is 15.2 Å². The summed E-state index contributed by atoms with van der Waals surface area (Å²) in [6.07, 6.45) is 2.70. The summed E-state index contributed by atoms with van der Waals surface area (Å²) in [6, 6.07) is 6.51. The molecule has 6 nitrogen and oxygen atoms in total. The fourth-order valence-electron chi connectivity index (χ4n) is 2.85. The molecule has 0 unspecified atom stereocenters. The zero-order valence-electron chi connectivity index (χ0n) is 12.4. The monoisotopic (exact) mass is 305 g/mol. The van der Waals surface area contributed by atoms with Gasteiger partial charge >= 0.3 is 11.9 Å². The van der Waals surface area contributed by atoms with E-state index in [1.165, 1.54) is 7.11 Å². The number of benzene rings is 1. The normalized spacial score (nSPS) is 21.0. The fourth-order valence-corrected chi connectivity index (χ4v) is 2.85. The number of carboxylic acid groups (broad SMARTS) is 1. The minimum absolute atomic E-state index is 0.251. The van der Waals surface area contributed by atoms with Crippen molar-refractivity contribution in [2.75, 3.05) is 12.4 Å². The number of ether oxygens (including phenoxy) is 1. The summed E-state index contributed by atoms with van der Waals surface area (Å²) in [5.74, 6) is -3.09. The number of amides is 1. The number of carboxylic acids is 1. The number of para-hydroxylation sites is 1. The van der Waals surface area contributed by atoms with Crippen LogP contribution in [0.1, 0.15) is 36.0 Å². The number of nitrogens with one attached hydrogen (secondary N) is 1. The number of aliphatic carboxylic acids is 1. The van der Waals surface area contributed by atoms with E-state index in [0.717, 1.165) is 12.8 Å². The summed E-state index contributed by atoms with van der Waals surface area (Å²) in [4.78, 5) is 35.4. The van der Waals surface area contributed by atoms with Crippen molar-refractivity contribution in [3.05, 3.63) is 29.8 Å². The van der Waals surface area contributed by atoms with Gasteiger partial charge in [0.2, 0.25) is 5.91 Å². The van der Waals surface area contributed by atoms with Gasteiger partial charge in [0, 0.05) is 0 Å². The van der Waals surface area contributed by atoms with Crippen molar-refractivity contribution >= 4 is 23.5 Å². The minimum atomic E-state index is -0.943. The van der Waals surface area contributed by atoms with Gasteiger partial charge in [0.25, 0.3) is 0 Å². The summed E-state index contributed by atoms with van der Waals surface area (Å²) in [5.41, 5.74) is 0.593. The Kier molecular flexibility index (Phi) is 5.14. The topological polar surface area (TPSA) is 92.7 Å². The van der Waals surface area contributed by atoms with Gasteiger partial charge in [-0.2, -0.15) is 0 Å². The van der Waals surface area contributed by atoms with Crippen LogP contribution in [0.15, 0.2) is 24.3 Å². The summed E-state index contributed by atoms with van der Waals surface area (Å²) < 4.78 is 4.68. The first-order valence-electron chi connectivity index (χ1n) is 7.25. The highest BCUT2D eigenvalue weighted by molar-refractivity contribution is 6.02. The number of anilines is 1. The second kappa shape index (κ2) is 7.06. The Bertz CT molecular complexity index is 584. The van der Waals surface area contributed by atoms with Crippen LogP contribution in [0.3, 0.4) is 0 Å². The third-order valence-corrected chi connectivity index (χ3v) is 4.01. The van der Waals surface area contributed by atoms with Gasteiger partial charge in [-0.05, 0) is 25.0 Å². The number of hydrogen-bond acceptors (Lipinski definition) is 4. The van der Waals surface area contributed by atoms with Crippen LogP contribution in [0, 0.1) is 11.8 Å². The molecule has 0 saturated heterocycles. The van der Waals surface area contributed by atoms with E-state index < -0.39 is 23.8 Å². The lowest BCUT2D eigenvalue weighted by Crippen LogP contribution is -2.36. The van der Waals surface area contributed by atoms with Gasteiger partial charge in [0.15, 0.2) is 0 Å². The van der Waals surface area contributed by atoms with Crippen LogP contribution >= 0.6 is 0 Å². The maximum Gasteiger partial charge on any atom is 0.339 e. The van der Waals surface area contributed by atoms with Gasteiger partial charge in [-0.1, -0.05) is 25.0 Å². The van der Waals surface area contributed by atoms with Crippen LogP contribution in [-0.4, -0.2) is 30.1 Å². The SMILES string of the molecule is COC(=O)c1ccccc1NC(=O)[C@@H]1CCCC[C@@H]1C(=O)O. The van der Waals surface area contributed by atoms with Crippen molar-refractivity contribution in [3.63, 3.8) is 0 Å². The van der Waals surface area contributed by atoms with E-state index in [0.29, 0.717) is 18.5 Å². The molecular formula is C16H19NO5. The third kappa shape index (κ3) is 3.44. The van der Waals surface area contributed by atoms with Crippen molar-refractivity contribution in [2.24, 2.45) is 11.8 Å². The Morgan fingerprint density at radius 3 is 2.41 bits per heavy atom. The van der Waals surface area contributed by atoms with Gasteiger partial charge in [-0.25, -0.2) is 4.79 Å². The van der Waals surface area contributed by atoms with Crippen molar-refractivity contribution in [3.8, 4) is 0 Å². The highest BCUT2D eigenvalue weighted by Gasteiger charge is 2.36. The largest absolute Gasteiger partial charge is 0.481 e. The van der Waals surface area contributed by atoms with E-state index in [1.807, 2.05) is 0 Å². The van der Waals surface area contributed by atoms with E-state index in [9.17, 15) is 19.5 Å². The van der Waals surface area contributed by atoms with E-state index in [2.05, 4.69) is 10.1 Å². The Balaban J connectivity index is 2.18. The van der Waals surface area contributed by atoms with Crippen molar-refractivity contribution in [1.82, 2.24) is 0 Å². The zero-order valence-corrected chi connectivity index (χ0v) is 12.4. The van der Waals surface area contributed by atoms with Crippen molar-refractivity contribution in [1.29, 1.82) is 0 Å². The molecule has 0 aromatic heterocycles. The minimum Gasteiger partial charge on any atom is -0.481 e. The Morgan fingerprint density at radius 2 is 1.77 bits per heavy atom. The number of esters is 1. The molecule has 2 atom stereocenters. The first-order valence-corrected chi connectivity index (χ1v) is 7.25. The summed E-state index contributed by atoms with van der Waals surface area (Å²) in [6.45, 7) is 0. The Morgan fingerprint density at radius 1 is 1.14 bits per heavy atom. The number of carbonyl (C=O) groups excluding carboxylic acids is 2. The lowest BCUT2D eigenvalue weighted by molar-refractivity contribution is -0.147. The molecule has 1 aromatic carbocycles. The van der Waals surface area contributed by atoms with Crippen LogP contribution in [0.5, 0.6) is 0 Å². The molecule has 2 N–H and O–H groups in total. The lowest BCUT2D eigenvalue weighted by atomic mass is 9.78. The van der Waals surface area contributed by atoms with Crippen molar-refractivity contribution in [2.45, 2.75) is 25.7 Å². The lowest BCUT2D eigenvalue weighted by Gasteiger charge is -2.27. The van der Waals surface area contributed by atoms with Gasteiger partial charge in [-0.15, -0.1) is 0 Å². The average molecular weight is 305 g/mol. The first-order chi connectivity index (χ1) is 10.5. The molecule has 6 heteroatoms. The van der Waals surface area contributed by atoms with E-state index in [1.54, 1.807) is 24.3 Å². The molecule has 0 heterocycles. The standard InChI is InChI=1S/C16H19NO5/c1-22-16(21)12-8-4-5-9-13(12)17-14(18)10-6-2-3-7-11(10)15(19)20/h4-5,8-11H,2-3,6-7H2,1H3,(H,17,18)(H,19,20)/t10-,11+/m1/s1. The second-order valence-corrected chi connectivity index (χ2v) is 5.36. The molecule has 22 heavy (non-hydrogen) atoms. The molecule has 1 amide bonds. The van der Waals surface area contributed by atoms with E-state index >= 15 is 0 Å². The molecule has 118 valence electrons.